The fourth-order valence-electron chi connectivity index (χ4n) is 1.23. The zero-order valence-corrected chi connectivity index (χ0v) is 11.7. The highest BCUT2D eigenvalue weighted by Crippen LogP contribution is 2.30. The lowest BCUT2D eigenvalue weighted by Gasteiger charge is -2.22. The second kappa shape index (κ2) is 5.75. The van der Waals surface area contributed by atoms with Crippen molar-refractivity contribution in [1.29, 1.82) is 0 Å². The normalized spacial score (nSPS) is 11.1. The maximum Gasteiger partial charge on any atom is 0.254 e. The van der Waals surface area contributed by atoms with Crippen molar-refractivity contribution in [3.05, 3.63) is 28.2 Å². The van der Waals surface area contributed by atoms with Gasteiger partial charge in [0.05, 0.1) is 17.0 Å². The van der Waals surface area contributed by atoms with Crippen molar-refractivity contribution in [3.63, 3.8) is 0 Å². The predicted octanol–water partition coefficient (Wildman–Crippen LogP) is 0.749. The first-order valence-corrected chi connectivity index (χ1v) is 7.28. The number of halogens is 2. The third-order valence-electron chi connectivity index (χ3n) is 2.03. The van der Waals surface area contributed by atoms with E-state index in [-0.39, 0.29) is 10.7 Å². The largest absolute Gasteiger partial charge is 0.293 e. The second-order valence-electron chi connectivity index (χ2n) is 3.43. The van der Waals surface area contributed by atoms with Gasteiger partial charge in [-0.1, -0.05) is 23.2 Å². The summed E-state index contributed by atoms with van der Waals surface area (Å²) in [7, 11) is -3.69. The summed E-state index contributed by atoms with van der Waals surface area (Å²) in [6.45, 7) is -0.477. The van der Waals surface area contributed by atoms with E-state index in [1.54, 1.807) is 0 Å². The molecule has 0 spiro atoms. The zero-order chi connectivity index (χ0) is 13.9. The van der Waals surface area contributed by atoms with Gasteiger partial charge in [-0.2, -0.15) is 0 Å². The maximum atomic E-state index is 11.7. The molecule has 0 saturated heterocycles. The molecule has 0 aliphatic heterocycles. The average molecular weight is 312 g/mol. The average Bonchev–Trinajstić information content (AvgIpc) is 2.27. The molecule has 6 nitrogen and oxygen atoms in total. The third kappa shape index (κ3) is 3.74. The van der Waals surface area contributed by atoms with Gasteiger partial charge in [0.15, 0.2) is 0 Å². The summed E-state index contributed by atoms with van der Waals surface area (Å²) in [6.07, 6.45) is 0.952. The highest BCUT2D eigenvalue weighted by Gasteiger charge is 2.22. The predicted molar refractivity (Wildman–Crippen MR) is 71.0 cm³/mol. The minimum absolute atomic E-state index is 0.121. The Morgan fingerprint density at radius 1 is 1.44 bits per heavy atom. The van der Waals surface area contributed by atoms with Crippen LogP contribution in [0, 0.1) is 0 Å². The van der Waals surface area contributed by atoms with E-state index in [9.17, 15) is 13.2 Å². The molecule has 0 atom stereocenters. The van der Waals surface area contributed by atoms with Crippen LogP contribution < -0.4 is 15.6 Å². The molecule has 0 aromatic heterocycles. The number of nitrogens with two attached hydrogens (primary N) is 1. The molecule has 9 heteroatoms. The van der Waals surface area contributed by atoms with E-state index in [1.807, 2.05) is 5.43 Å². The maximum absolute atomic E-state index is 11.7. The smallest absolute Gasteiger partial charge is 0.254 e. The molecule has 0 unspecified atom stereocenters. The van der Waals surface area contributed by atoms with Crippen LogP contribution in [0.15, 0.2) is 18.2 Å². The van der Waals surface area contributed by atoms with Gasteiger partial charge in [0.2, 0.25) is 10.0 Å². The number of hydrogen-bond acceptors (Lipinski definition) is 4. The topological polar surface area (TPSA) is 92.5 Å². The summed E-state index contributed by atoms with van der Waals surface area (Å²) in [5.74, 6) is 4.26. The molecular formula is C9H11Cl2N3O3S. The monoisotopic (exact) mass is 311 g/mol. The molecule has 1 rings (SSSR count). The number of hydrazine groups is 1. The fourth-order valence-corrected chi connectivity index (χ4v) is 2.53. The molecule has 0 fully saturated rings. The van der Waals surface area contributed by atoms with Crippen LogP contribution in [0.2, 0.25) is 10.0 Å². The molecule has 0 aliphatic rings. The van der Waals surface area contributed by atoms with Gasteiger partial charge < -0.3 is 0 Å². The van der Waals surface area contributed by atoms with Crippen LogP contribution in [0.3, 0.4) is 0 Å². The van der Waals surface area contributed by atoms with Gasteiger partial charge in [0.25, 0.3) is 5.91 Å². The van der Waals surface area contributed by atoms with Crippen molar-refractivity contribution >= 4 is 44.8 Å². The zero-order valence-electron chi connectivity index (χ0n) is 9.35. The molecule has 1 amide bonds. The standard InChI is InChI=1S/C9H11Cl2N3O3S/c1-18(16,17)14(5-9(15)13-12)8-4-6(10)2-3-7(8)11/h2-4H,5,12H2,1H3,(H,13,15). The summed E-state index contributed by atoms with van der Waals surface area (Å²) in [5, 5.41) is 0.464. The number of nitrogens with one attached hydrogen (secondary N) is 1. The van der Waals surface area contributed by atoms with Crippen LogP contribution >= 0.6 is 23.2 Å². The number of amides is 1. The minimum atomic E-state index is -3.69. The lowest BCUT2D eigenvalue weighted by atomic mass is 10.3. The van der Waals surface area contributed by atoms with Crippen molar-refractivity contribution in [3.8, 4) is 0 Å². The van der Waals surface area contributed by atoms with Gasteiger partial charge in [0.1, 0.15) is 6.54 Å². The highest BCUT2D eigenvalue weighted by molar-refractivity contribution is 7.92. The summed E-state index contributed by atoms with van der Waals surface area (Å²) >= 11 is 11.7. The van der Waals surface area contributed by atoms with Crippen molar-refractivity contribution in [2.45, 2.75) is 0 Å². The summed E-state index contributed by atoms with van der Waals surface area (Å²) in [6, 6.07) is 4.31. The molecule has 3 N–H and O–H groups in total. The number of benzene rings is 1. The number of anilines is 1. The quantitative estimate of drug-likeness (QED) is 0.487. The van der Waals surface area contributed by atoms with E-state index >= 15 is 0 Å². The van der Waals surface area contributed by atoms with E-state index in [2.05, 4.69) is 0 Å². The minimum Gasteiger partial charge on any atom is -0.293 e. The first kappa shape index (κ1) is 15.0. The Morgan fingerprint density at radius 2 is 2.06 bits per heavy atom. The number of carbonyl (C=O) groups is 1. The number of nitrogens with zero attached hydrogens (tertiary/aromatic N) is 1. The highest BCUT2D eigenvalue weighted by atomic mass is 35.5. The van der Waals surface area contributed by atoms with Crippen molar-refractivity contribution in [2.75, 3.05) is 17.1 Å². The van der Waals surface area contributed by atoms with Crippen LogP contribution in [0.25, 0.3) is 0 Å². The molecular weight excluding hydrogens is 301 g/mol. The van der Waals surface area contributed by atoms with Gasteiger partial charge in [-0.05, 0) is 18.2 Å². The molecule has 18 heavy (non-hydrogen) atoms. The molecule has 0 saturated carbocycles. The van der Waals surface area contributed by atoms with E-state index < -0.39 is 22.5 Å². The number of carbonyl (C=O) groups excluding carboxylic acids is 1. The van der Waals surface area contributed by atoms with E-state index in [1.165, 1.54) is 18.2 Å². The summed E-state index contributed by atoms with van der Waals surface area (Å²) in [4.78, 5) is 11.2. The lowest BCUT2D eigenvalue weighted by Crippen LogP contribution is -2.42. The van der Waals surface area contributed by atoms with E-state index in [0.29, 0.717) is 5.02 Å². The summed E-state index contributed by atoms with van der Waals surface area (Å²) in [5.41, 5.74) is 1.97. The molecule has 0 aliphatic carbocycles. The Hall–Kier alpha value is -1.02. The first-order valence-electron chi connectivity index (χ1n) is 4.68. The molecule has 0 heterocycles. The molecule has 0 bridgehead atoms. The summed E-state index contributed by atoms with van der Waals surface area (Å²) < 4.78 is 24.1. The SMILES string of the molecule is CS(=O)(=O)N(CC(=O)NN)c1cc(Cl)ccc1Cl. The van der Waals surface area contributed by atoms with Gasteiger partial charge in [0, 0.05) is 5.02 Å². The number of sulfonamides is 1. The van der Waals surface area contributed by atoms with Crippen LogP contribution in [0.5, 0.6) is 0 Å². The van der Waals surface area contributed by atoms with Crippen LogP contribution in [-0.4, -0.2) is 27.1 Å². The second-order valence-corrected chi connectivity index (χ2v) is 6.18. The Morgan fingerprint density at radius 3 is 2.56 bits per heavy atom. The van der Waals surface area contributed by atoms with Crippen molar-refractivity contribution < 1.29 is 13.2 Å². The Bertz CT molecular complexity index is 562. The Kier molecular flexibility index (Phi) is 4.80. The van der Waals surface area contributed by atoms with E-state index in [0.717, 1.165) is 10.6 Å². The van der Waals surface area contributed by atoms with Gasteiger partial charge in [-0.25, -0.2) is 14.3 Å². The third-order valence-corrected chi connectivity index (χ3v) is 3.71. The van der Waals surface area contributed by atoms with Gasteiger partial charge in [-0.15, -0.1) is 0 Å². The molecule has 1 aromatic carbocycles. The van der Waals surface area contributed by atoms with Crippen LogP contribution in [0.4, 0.5) is 5.69 Å². The number of hydrogen-bond donors (Lipinski definition) is 2. The van der Waals surface area contributed by atoms with Crippen molar-refractivity contribution in [1.82, 2.24) is 5.43 Å². The van der Waals surface area contributed by atoms with Gasteiger partial charge in [-0.3, -0.25) is 14.5 Å². The van der Waals surface area contributed by atoms with Gasteiger partial charge >= 0.3 is 0 Å². The number of rotatable bonds is 4. The molecule has 0 radical (unpaired) electrons. The molecule has 100 valence electrons. The Balaban J connectivity index is 3.26. The fraction of sp³-hybridized carbons (Fsp3) is 0.222. The van der Waals surface area contributed by atoms with Crippen LogP contribution in [-0.2, 0) is 14.8 Å². The van der Waals surface area contributed by atoms with Crippen molar-refractivity contribution in [2.24, 2.45) is 5.84 Å². The van der Waals surface area contributed by atoms with Crippen LogP contribution in [0.1, 0.15) is 0 Å². The molecule has 1 aromatic rings. The van der Waals surface area contributed by atoms with E-state index in [4.69, 9.17) is 29.0 Å². The first-order chi connectivity index (χ1) is 8.25. The Labute approximate surface area is 115 Å². The lowest BCUT2D eigenvalue weighted by molar-refractivity contribution is -0.119.